The highest BCUT2D eigenvalue weighted by Gasteiger charge is 2.21. The van der Waals surface area contributed by atoms with E-state index in [9.17, 15) is 0 Å². The van der Waals surface area contributed by atoms with E-state index in [0.29, 0.717) is 5.82 Å². The molecule has 0 aromatic carbocycles. The molecule has 2 aromatic heterocycles. The van der Waals surface area contributed by atoms with Crippen LogP contribution in [-0.4, -0.2) is 16.5 Å². The number of hydrogen-bond donors (Lipinski definition) is 1. The predicted molar refractivity (Wildman–Crippen MR) is 78.3 cm³/mol. The fraction of sp³-hybridized carbons (Fsp3) is 0.429. The summed E-state index contributed by atoms with van der Waals surface area (Å²) in [5.74, 6) is 4.41. The van der Waals surface area contributed by atoms with E-state index >= 15 is 0 Å². The normalized spacial score (nSPS) is 13.6. The number of thioether (sulfide) groups is 1. The second-order valence-electron chi connectivity index (χ2n) is 4.67. The second-order valence-corrected chi connectivity index (χ2v) is 5.66. The molecule has 3 heterocycles. The zero-order valence-electron chi connectivity index (χ0n) is 11.2. The first-order valence-corrected chi connectivity index (χ1v) is 7.71. The topological polar surface area (TPSA) is 51.0 Å². The van der Waals surface area contributed by atoms with Gasteiger partial charge in [-0.25, -0.2) is 9.97 Å². The molecule has 19 heavy (non-hydrogen) atoms. The van der Waals surface area contributed by atoms with E-state index in [-0.39, 0.29) is 0 Å². The van der Waals surface area contributed by atoms with Crippen molar-refractivity contribution in [2.45, 2.75) is 31.8 Å². The molecule has 0 amide bonds. The third-order valence-corrected chi connectivity index (χ3v) is 4.16. The largest absolute Gasteiger partial charge is 0.461 e. The van der Waals surface area contributed by atoms with Gasteiger partial charge in [-0.1, -0.05) is 6.92 Å². The van der Waals surface area contributed by atoms with Gasteiger partial charge >= 0.3 is 0 Å². The van der Waals surface area contributed by atoms with Gasteiger partial charge in [-0.3, -0.25) is 0 Å². The van der Waals surface area contributed by atoms with Crippen molar-refractivity contribution in [2.24, 2.45) is 0 Å². The van der Waals surface area contributed by atoms with Crippen LogP contribution in [0, 0.1) is 6.92 Å². The first-order valence-electron chi connectivity index (χ1n) is 6.55. The lowest BCUT2D eigenvalue weighted by Gasteiger charge is -2.10. The molecule has 0 aliphatic carbocycles. The van der Waals surface area contributed by atoms with Gasteiger partial charge in [0.2, 0.25) is 0 Å². The summed E-state index contributed by atoms with van der Waals surface area (Å²) in [6.45, 7) is 5.11. The molecule has 0 atom stereocenters. The maximum atomic E-state index is 5.51. The van der Waals surface area contributed by atoms with E-state index in [1.807, 2.05) is 24.8 Å². The molecule has 0 unspecified atom stereocenters. The highest BCUT2D eigenvalue weighted by molar-refractivity contribution is 7.98. The third kappa shape index (κ3) is 2.34. The van der Waals surface area contributed by atoms with Crippen LogP contribution in [0.2, 0.25) is 0 Å². The maximum Gasteiger partial charge on any atom is 0.198 e. The van der Waals surface area contributed by atoms with Crippen LogP contribution in [0.4, 0.5) is 5.82 Å². The number of fused-ring (bicyclic) bond motifs is 1. The fourth-order valence-electron chi connectivity index (χ4n) is 2.14. The Bertz CT molecular complexity index is 594. The van der Waals surface area contributed by atoms with Crippen LogP contribution in [0.3, 0.4) is 0 Å². The average molecular weight is 275 g/mol. The summed E-state index contributed by atoms with van der Waals surface area (Å²) in [6, 6.07) is 1.94. The molecule has 4 nitrogen and oxygen atoms in total. The molecule has 0 saturated heterocycles. The Kier molecular flexibility index (Phi) is 3.46. The Labute approximate surface area is 117 Å². The number of aryl methyl sites for hydroxylation is 1. The highest BCUT2D eigenvalue weighted by atomic mass is 32.2. The summed E-state index contributed by atoms with van der Waals surface area (Å²) in [4.78, 5) is 9.32. The molecule has 2 aromatic rings. The first kappa shape index (κ1) is 12.5. The lowest BCUT2D eigenvalue weighted by molar-refractivity contribution is 0.575. The zero-order chi connectivity index (χ0) is 13.2. The van der Waals surface area contributed by atoms with E-state index in [0.717, 1.165) is 47.3 Å². The molecule has 100 valence electrons. The van der Waals surface area contributed by atoms with Crippen LogP contribution in [0.5, 0.6) is 0 Å². The van der Waals surface area contributed by atoms with Crippen molar-refractivity contribution in [1.82, 2.24) is 9.97 Å². The van der Waals surface area contributed by atoms with Crippen molar-refractivity contribution in [3.05, 3.63) is 29.2 Å². The number of nitrogens with zero attached hydrogens (tertiary/aromatic N) is 2. The molecule has 1 N–H and O–H groups in total. The average Bonchev–Trinajstić information content (AvgIpc) is 3.03. The van der Waals surface area contributed by atoms with Gasteiger partial charge in [0.15, 0.2) is 11.6 Å². The number of rotatable bonds is 4. The van der Waals surface area contributed by atoms with E-state index in [2.05, 4.69) is 22.2 Å². The lowest BCUT2D eigenvalue weighted by atomic mass is 10.2. The maximum absolute atomic E-state index is 5.51. The van der Waals surface area contributed by atoms with E-state index in [1.54, 1.807) is 6.26 Å². The molecule has 0 radical (unpaired) electrons. The quantitative estimate of drug-likeness (QED) is 0.923. The molecule has 1 aliphatic heterocycles. The van der Waals surface area contributed by atoms with Gasteiger partial charge in [-0.2, -0.15) is 11.8 Å². The summed E-state index contributed by atoms with van der Waals surface area (Å²) in [7, 11) is 0. The molecule has 0 bridgehead atoms. The molecule has 0 spiro atoms. The van der Waals surface area contributed by atoms with Gasteiger partial charge < -0.3 is 9.73 Å². The number of anilines is 1. The summed E-state index contributed by atoms with van der Waals surface area (Å²) in [5, 5.41) is 3.41. The molecular weight excluding hydrogens is 258 g/mol. The predicted octanol–water partition coefficient (Wildman–Crippen LogP) is 3.61. The summed E-state index contributed by atoms with van der Waals surface area (Å²) < 4.78 is 5.51. The highest BCUT2D eigenvalue weighted by Crippen LogP contribution is 2.35. The van der Waals surface area contributed by atoms with Gasteiger partial charge in [-0.15, -0.1) is 0 Å². The standard InChI is InChI=1S/C14H17N3OS/c1-3-5-15-13-10-7-19-8-11(10)16-14(17-13)12-9(2)4-6-18-12/h4,6H,3,5,7-8H2,1-2H3,(H,15,16,17). The molecule has 0 saturated carbocycles. The van der Waals surface area contributed by atoms with Crippen molar-refractivity contribution in [2.75, 3.05) is 11.9 Å². The molecule has 0 fully saturated rings. The third-order valence-electron chi connectivity index (χ3n) is 3.19. The number of hydrogen-bond acceptors (Lipinski definition) is 5. The van der Waals surface area contributed by atoms with Gasteiger partial charge in [0.1, 0.15) is 5.82 Å². The Morgan fingerprint density at radius 1 is 1.37 bits per heavy atom. The molecule has 3 rings (SSSR count). The number of furan rings is 1. The minimum absolute atomic E-state index is 0.697. The second kappa shape index (κ2) is 5.25. The van der Waals surface area contributed by atoms with Crippen molar-refractivity contribution in [1.29, 1.82) is 0 Å². The summed E-state index contributed by atoms with van der Waals surface area (Å²) in [6.07, 6.45) is 2.77. The smallest absolute Gasteiger partial charge is 0.198 e. The Morgan fingerprint density at radius 2 is 2.26 bits per heavy atom. The van der Waals surface area contributed by atoms with Crippen LogP contribution >= 0.6 is 11.8 Å². The van der Waals surface area contributed by atoms with Crippen molar-refractivity contribution in [3.63, 3.8) is 0 Å². The van der Waals surface area contributed by atoms with Gasteiger partial charge in [0, 0.05) is 23.6 Å². The van der Waals surface area contributed by atoms with Crippen LogP contribution in [0.25, 0.3) is 11.6 Å². The minimum Gasteiger partial charge on any atom is -0.461 e. The van der Waals surface area contributed by atoms with E-state index in [4.69, 9.17) is 4.42 Å². The monoisotopic (exact) mass is 275 g/mol. The number of aromatic nitrogens is 2. The van der Waals surface area contributed by atoms with Crippen LogP contribution in [0.1, 0.15) is 30.2 Å². The van der Waals surface area contributed by atoms with Crippen LogP contribution in [0.15, 0.2) is 16.7 Å². The van der Waals surface area contributed by atoms with Crippen molar-refractivity contribution < 1.29 is 4.42 Å². The Hall–Kier alpha value is -1.49. The van der Waals surface area contributed by atoms with Crippen molar-refractivity contribution >= 4 is 17.6 Å². The lowest BCUT2D eigenvalue weighted by Crippen LogP contribution is -2.08. The Morgan fingerprint density at radius 3 is 3.00 bits per heavy atom. The van der Waals surface area contributed by atoms with Gasteiger partial charge in [0.05, 0.1) is 12.0 Å². The van der Waals surface area contributed by atoms with Crippen LogP contribution < -0.4 is 5.32 Å². The first-order chi connectivity index (χ1) is 9.29. The summed E-state index contributed by atoms with van der Waals surface area (Å²) in [5.41, 5.74) is 3.47. The minimum atomic E-state index is 0.697. The SMILES string of the molecule is CCCNc1nc(-c2occc2C)nc2c1CSC2. The van der Waals surface area contributed by atoms with Crippen LogP contribution in [-0.2, 0) is 11.5 Å². The molecule has 5 heteroatoms. The molecular formula is C14H17N3OS. The van der Waals surface area contributed by atoms with E-state index < -0.39 is 0 Å². The fourth-order valence-corrected chi connectivity index (χ4v) is 3.19. The van der Waals surface area contributed by atoms with Crippen molar-refractivity contribution in [3.8, 4) is 11.6 Å². The number of nitrogens with one attached hydrogen (secondary N) is 1. The zero-order valence-corrected chi connectivity index (χ0v) is 12.0. The van der Waals surface area contributed by atoms with E-state index in [1.165, 1.54) is 5.56 Å². The Balaban J connectivity index is 2.05. The van der Waals surface area contributed by atoms with Gasteiger partial charge in [0.25, 0.3) is 0 Å². The summed E-state index contributed by atoms with van der Waals surface area (Å²) >= 11 is 1.89. The van der Waals surface area contributed by atoms with Gasteiger partial charge in [-0.05, 0) is 25.0 Å². The molecule has 1 aliphatic rings.